The fraction of sp³-hybridized carbons (Fsp3) is 0.545. The Balaban J connectivity index is 2.35. The first kappa shape index (κ1) is 13.2. The van der Waals surface area contributed by atoms with E-state index < -0.39 is 0 Å². The van der Waals surface area contributed by atoms with E-state index in [9.17, 15) is 4.79 Å². The molecular formula is C11H17N3O3. The number of ether oxygens (including phenoxy) is 2. The molecule has 1 aromatic heterocycles. The number of nitrogens with zero attached hydrogens (tertiary/aromatic N) is 2. The van der Waals surface area contributed by atoms with Gasteiger partial charge in [0.15, 0.2) is 0 Å². The summed E-state index contributed by atoms with van der Waals surface area (Å²) in [4.78, 5) is 19.2. The van der Waals surface area contributed by atoms with Gasteiger partial charge < -0.3 is 14.8 Å². The second-order valence-electron chi connectivity index (χ2n) is 3.16. The van der Waals surface area contributed by atoms with Crippen LogP contribution in [0.3, 0.4) is 0 Å². The van der Waals surface area contributed by atoms with Crippen molar-refractivity contribution in [2.24, 2.45) is 0 Å². The van der Waals surface area contributed by atoms with Crippen molar-refractivity contribution in [1.29, 1.82) is 0 Å². The Kier molecular flexibility index (Phi) is 5.77. The highest BCUT2D eigenvalue weighted by Crippen LogP contribution is 2.08. The monoisotopic (exact) mass is 239 g/mol. The quantitative estimate of drug-likeness (QED) is 0.722. The smallest absolute Gasteiger partial charge is 0.307 e. The minimum Gasteiger partial charge on any atom is -0.477 e. The van der Waals surface area contributed by atoms with Crippen LogP contribution in [-0.2, 0) is 9.53 Å². The summed E-state index contributed by atoms with van der Waals surface area (Å²) in [5.41, 5.74) is 0. The van der Waals surface area contributed by atoms with Crippen molar-refractivity contribution in [3.8, 4) is 5.88 Å². The third-order valence-corrected chi connectivity index (χ3v) is 1.85. The maximum absolute atomic E-state index is 11.1. The Morgan fingerprint density at radius 1 is 1.35 bits per heavy atom. The summed E-state index contributed by atoms with van der Waals surface area (Å²) < 4.78 is 10.0. The van der Waals surface area contributed by atoms with Gasteiger partial charge in [-0.1, -0.05) is 0 Å². The lowest BCUT2D eigenvalue weighted by atomic mass is 10.4. The Hall–Kier alpha value is -1.85. The van der Waals surface area contributed by atoms with Crippen LogP contribution in [0.25, 0.3) is 0 Å². The molecule has 0 unspecified atom stereocenters. The molecule has 0 saturated heterocycles. The van der Waals surface area contributed by atoms with Crippen LogP contribution < -0.4 is 10.1 Å². The highest BCUT2D eigenvalue weighted by atomic mass is 16.5. The van der Waals surface area contributed by atoms with Crippen LogP contribution >= 0.6 is 0 Å². The zero-order valence-corrected chi connectivity index (χ0v) is 10.1. The van der Waals surface area contributed by atoms with Crippen molar-refractivity contribution in [2.45, 2.75) is 20.3 Å². The van der Waals surface area contributed by atoms with Gasteiger partial charge in [-0.25, -0.2) is 0 Å². The Morgan fingerprint density at radius 2 is 2.18 bits per heavy atom. The summed E-state index contributed by atoms with van der Waals surface area (Å²) in [7, 11) is 0. The van der Waals surface area contributed by atoms with Crippen molar-refractivity contribution in [2.75, 3.05) is 25.1 Å². The van der Waals surface area contributed by atoms with Gasteiger partial charge in [-0.15, -0.1) is 0 Å². The molecule has 0 atom stereocenters. The van der Waals surface area contributed by atoms with Gasteiger partial charge in [-0.05, 0) is 13.8 Å². The van der Waals surface area contributed by atoms with Crippen LogP contribution in [-0.4, -0.2) is 35.7 Å². The van der Waals surface area contributed by atoms with Crippen LogP contribution in [0.15, 0.2) is 12.4 Å². The van der Waals surface area contributed by atoms with E-state index in [0.29, 0.717) is 37.9 Å². The molecule has 6 heteroatoms. The fourth-order valence-corrected chi connectivity index (χ4v) is 1.18. The molecule has 0 saturated carbocycles. The molecule has 0 spiro atoms. The Labute approximate surface area is 100 Å². The SMILES string of the molecule is CCOC(=O)CCNc1cncc(OCC)n1. The zero-order chi connectivity index (χ0) is 12.5. The summed E-state index contributed by atoms with van der Waals surface area (Å²) >= 11 is 0. The van der Waals surface area contributed by atoms with E-state index >= 15 is 0 Å². The summed E-state index contributed by atoms with van der Waals surface area (Å²) in [6.45, 7) is 5.06. The van der Waals surface area contributed by atoms with Gasteiger partial charge in [0.25, 0.3) is 0 Å². The number of hydrogen-bond donors (Lipinski definition) is 1. The average Bonchev–Trinajstić information content (AvgIpc) is 2.30. The predicted molar refractivity (Wildman–Crippen MR) is 62.9 cm³/mol. The van der Waals surface area contributed by atoms with Crippen LogP contribution in [0, 0.1) is 0 Å². The average molecular weight is 239 g/mol. The van der Waals surface area contributed by atoms with Crippen molar-refractivity contribution in [3.05, 3.63) is 12.4 Å². The maximum atomic E-state index is 11.1. The molecule has 0 aliphatic carbocycles. The highest BCUT2D eigenvalue weighted by Gasteiger charge is 2.02. The first-order chi connectivity index (χ1) is 8.26. The lowest BCUT2D eigenvalue weighted by Crippen LogP contribution is -2.12. The molecule has 0 aromatic carbocycles. The number of hydrogen-bond acceptors (Lipinski definition) is 6. The highest BCUT2D eigenvalue weighted by molar-refractivity contribution is 5.69. The van der Waals surface area contributed by atoms with Crippen molar-refractivity contribution >= 4 is 11.8 Å². The van der Waals surface area contributed by atoms with E-state index in [4.69, 9.17) is 9.47 Å². The van der Waals surface area contributed by atoms with E-state index in [1.54, 1.807) is 19.3 Å². The van der Waals surface area contributed by atoms with Gasteiger partial charge in [0.2, 0.25) is 5.88 Å². The van der Waals surface area contributed by atoms with Crippen molar-refractivity contribution in [3.63, 3.8) is 0 Å². The van der Waals surface area contributed by atoms with Crippen molar-refractivity contribution in [1.82, 2.24) is 9.97 Å². The fourth-order valence-electron chi connectivity index (χ4n) is 1.18. The summed E-state index contributed by atoms with van der Waals surface area (Å²) in [5.74, 6) is 0.822. The van der Waals surface area contributed by atoms with E-state index in [1.807, 2.05) is 6.92 Å². The number of carbonyl (C=O) groups excluding carboxylic acids is 1. The van der Waals surface area contributed by atoms with Gasteiger partial charge in [0.1, 0.15) is 5.82 Å². The topological polar surface area (TPSA) is 73.3 Å². The van der Waals surface area contributed by atoms with Gasteiger partial charge in [-0.2, -0.15) is 4.98 Å². The summed E-state index contributed by atoms with van der Waals surface area (Å²) in [6, 6.07) is 0. The van der Waals surface area contributed by atoms with E-state index in [1.165, 1.54) is 0 Å². The van der Waals surface area contributed by atoms with Crippen LogP contribution in [0.5, 0.6) is 5.88 Å². The normalized spacial score (nSPS) is 9.76. The molecule has 17 heavy (non-hydrogen) atoms. The third-order valence-electron chi connectivity index (χ3n) is 1.85. The van der Waals surface area contributed by atoms with E-state index in [-0.39, 0.29) is 5.97 Å². The first-order valence-corrected chi connectivity index (χ1v) is 5.60. The molecule has 1 heterocycles. The number of carbonyl (C=O) groups is 1. The molecule has 94 valence electrons. The number of nitrogens with one attached hydrogen (secondary N) is 1. The van der Waals surface area contributed by atoms with Gasteiger partial charge in [-0.3, -0.25) is 9.78 Å². The third kappa shape index (κ3) is 5.14. The number of anilines is 1. The van der Waals surface area contributed by atoms with Gasteiger partial charge in [0, 0.05) is 6.54 Å². The largest absolute Gasteiger partial charge is 0.477 e. The minimum atomic E-state index is -0.228. The predicted octanol–water partition coefficient (Wildman–Crippen LogP) is 1.24. The van der Waals surface area contributed by atoms with E-state index in [0.717, 1.165) is 0 Å². The summed E-state index contributed by atoms with van der Waals surface area (Å²) in [6.07, 6.45) is 3.42. The van der Waals surface area contributed by atoms with Gasteiger partial charge >= 0.3 is 5.97 Å². The second kappa shape index (κ2) is 7.43. The second-order valence-corrected chi connectivity index (χ2v) is 3.16. The molecule has 0 radical (unpaired) electrons. The number of aromatic nitrogens is 2. The molecule has 0 amide bonds. The number of esters is 1. The van der Waals surface area contributed by atoms with E-state index in [2.05, 4.69) is 15.3 Å². The minimum absolute atomic E-state index is 0.228. The van der Waals surface area contributed by atoms with Crippen LogP contribution in [0.4, 0.5) is 5.82 Å². The Bertz CT molecular complexity index is 358. The molecule has 0 aliphatic heterocycles. The molecule has 0 bridgehead atoms. The lowest BCUT2D eigenvalue weighted by molar-refractivity contribution is -0.142. The zero-order valence-electron chi connectivity index (χ0n) is 10.1. The molecule has 1 rings (SSSR count). The molecular weight excluding hydrogens is 222 g/mol. The van der Waals surface area contributed by atoms with Crippen LogP contribution in [0.2, 0.25) is 0 Å². The van der Waals surface area contributed by atoms with Crippen LogP contribution in [0.1, 0.15) is 20.3 Å². The van der Waals surface area contributed by atoms with Crippen molar-refractivity contribution < 1.29 is 14.3 Å². The first-order valence-electron chi connectivity index (χ1n) is 5.60. The maximum Gasteiger partial charge on any atom is 0.307 e. The summed E-state index contributed by atoms with van der Waals surface area (Å²) in [5, 5.41) is 2.98. The van der Waals surface area contributed by atoms with Gasteiger partial charge in [0.05, 0.1) is 32.0 Å². The molecule has 0 aliphatic rings. The lowest BCUT2D eigenvalue weighted by Gasteiger charge is -2.06. The molecule has 6 nitrogen and oxygen atoms in total. The number of rotatable bonds is 7. The standard InChI is InChI=1S/C11H17N3O3/c1-3-16-10-8-12-7-9(14-10)13-6-5-11(15)17-4-2/h7-8H,3-6H2,1-2H3,(H,13,14). The Morgan fingerprint density at radius 3 is 2.88 bits per heavy atom. The molecule has 1 aromatic rings. The molecule has 1 N–H and O–H groups in total. The molecule has 0 fully saturated rings.